The molecular weight excluding hydrogens is 350 g/mol. The van der Waals surface area contributed by atoms with Gasteiger partial charge in [0.05, 0.1) is 0 Å². The molecule has 29 heavy (non-hydrogen) atoms. The quantitative estimate of drug-likeness (QED) is 0.294. The second-order valence-electron chi connectivity index (χ2n) is 8.64. The lowest BCUT2D eigenvalue weighted by Gasteiger charge is -2.33. The molecule has 0 amide bonds. The average molecular weight is 371 g/mol. The summed E-state index contributed by atoms with van der Waals surface area (Å²) < 4.78 is 0. The second kappa shape index (κ2) is 5.39. The minimum Gasteiger partial charge on any atom is -0.344 e. The molecule has 3 aliphatic rings. The normalized spacial score (nSPS) is 14.6. The summed E-state index contributed by atoms with van der Waals surface area (Å²) >= 11 is 0. The molecule has 0 saturated carbocycles. The van der Waals surface area contributed by atoms with Gasteiger partial charge >= 0.3 is 0 Å². The van der Waals surface area contributed by atoms with Crippen LogP contribution in [0.3, 0.4) is 0 Å². The smallest absolute Gasteiger partial charge is 0.0486 e. The minimum absolute atomic E-state index is 1.03. The zero-order valence-corrected chi connectivity index (χ0v) is 16.5. The molecule has 7 rings (SSSR count). The van der Waals surface area contributed by atoms with Gasteiger partial charge in [-0.25, -0.2) is 0 Å². The van der Waals surface area contributed by atoms with E-state index in [1.54, 1.807) is 0 Å². The van der Waals surface area contributed by atoms with Crippen molar-refractivity contribution in [3.63, 3.8) is 0 Å². The first-order valence-corrected chi connectivity index (χ1v) is 10.5. The fraction of sp³-hybridized carbons (Fsp3) is 0.143. The van der Waals surface area contributed by atoms with Crippen molar-refractivity contribution in [2.45, 2.75) is 19.3 Å². The largest absolute Gasteiger partial charge is 0.344 e. The molecule has 0 spiro atoms. The summed E-state index contributed by atoms with van der Waals surface area (Å²) in [7, 11) is 2.26. The third-order valence-corrected chi connectivity index (χ3v) is 7.11. The lowest BCUT2D eigenvalue weighted by molar-refractivity contribution is 1.03. The number of nitrogens with zero attached hydrogens (tertiary/aromatic N) is 1. The van der Waals surface area contributed by atoms with Gasteiger partial charge in [-0.3, -0.25) is 0 Å². The SMILES string of the molecule is CN1c2cc3c(cc2Cc2ccc4c(c21)Cc1ccccc1-4)Cc1ccccc1-3. The van der Waals surface area contributed by atoms with Gasteiger partial charge in [-0.2, -0.15) is 0 Å². The highest BCUT2D eigenvalue weighted by Gasteiger charge is 2.30. The van der Waals surface area contributed by atoms with Crippen molar-refractivity contribution < 1.29 is 0 Å². The number of anilines is 2. The Balaban J connectivity index is 1.41. The summed E-state index contributed by atoms with van der Waals surface area (Å²) in [5.41, 5.74) is 17.3. The maximum absolute atomic E-state index is 2.46. The third kappa shape index (κ3) is 2.00. The van der Waals surface area contributed by atoms with Crippen LogP contribution in [-0.4, -0.2) is 7.05 Å². The Bertz CT molecular complexity index is 1340. The Labute approximate surface area is 171 Å². The van der Waals surface area contributed by atoms with Crippen LogP contribution < -0.4 is 4.90 Å². The molecule has 1 heteroatoms. The van der Waals surface area contributed by atoms with E-state index >= 15 is 0 Å². The molecule has 1 aliphatic heterocycles. The maximum Gasteiger partial charge on any atom is 0.0486 e. The molecule has 1 heterocycles. The van der Waals surface area contributed by atoms with Gasteiger partial charge < -0.3 is 4.90 Å². The molecule has 2 aliphatic carbocycles. The van der Waals surface area contributed by atoms with Gasteiger partial charge in [-0.15, -0.1) is 0 Å². The topological polar surface area (TPSA) is 3.24 Å². The number of benzene rings is 4. The van der Waals surface area contributed by atoms with Crippen molar-refractivity contribution in [1.29, 1.82) is 0 Å². The highest BCUT2D eigenvalue weighted by atomic mass is 15.1. The molecule has 0 fully saturated rings. The van der Waals surface area contributed by atoms with Gasteiger partial charge in [0.25, 0.3) is 0 Å². The van der Waals surface area contributed by atoms with Crippen LogP contribution in [0.25, 0.3) is 22.3 Å². The zero-order valence-electron chi connectivity index (χ0n) is 16.5. The summed E-state index contributed by atoms with van der Waals surface area (Å²) in [4.78, 5) is 2.46. The molecule has 0 saturated heterocycles. The van der Waals surface area contributed by atoms with Crippen LogP contribution in [0.5, 0.6) is 0 Å². The molecule has 0 N–H and O–H groups in total. The van der Waals surface area contributed by atoms with Crippen molar-refractivity contribution in [3.8, 4) is 22.3 Å². The molecule has 4 aromatic carbocycles. The summed E-state index contributed by atoms with van der Waals surface area (Å²) in [6.07, 6.45) is 3.14. The van der Waals surface area contributed by atoms with Crippen molar-refractivity contribution in [2.75, 3.05) is 11.9 Å². The Morgan fingerprint density at radius 3 is 2.07 bits per heavy atom. The van der Waals surface area contributed by atoms with Crippen molar-refractivity contribution >= 4 is 11.4 Å². The van der Waals surface area contributed by atoms with Crippen LogP contribution in [0.15, 0.2) is 72.8 Å². The lowest BCUT2D eigenvalue weighted by Crippen LogP contribution is -2.20. The van der Waals surface area contributed by atoms with E-state index in [9.17, 15) is 0 Å². The first-order chi connectivity index (χ1) is 14.3. The number of hydrogen-bond donors (Lipinski definition) is 0. The van der Waals surface area contributed by atoms with Crippen molar-refractivity contribution in [3.05, 3.63) is 106 Å². The highest BCUT2D eigenvalue weighted by Crippen LogP contribution is 2.49. The Morgan fingerprint density at radius 1 is 0.552 bits per heavy atom. The van der Waals surface area contributed by atoms with E-state index in [0.29, 0.717) is 0 Å². The van der Waals surface area contributed by atoms with Crippen LogP contribution in [0.1, 0.15) is 33.4 Å². The number of rotatable bonds is 0. The maximum atomic E-state index is 2.46. The first kappa shape index (κ1) is 15.6. The molecule has 138 valence electrons. The van der Waals surface area contributed by atoms with Crippen LogP contribution in [0, 0.1) is 0 Å². The van der Waals surface area contributed by atoms with Gasteiger partial charge in [-0.1, -0.05) is 66.7 Å². The summed E-state index contributed by atoms with van der Waals surface area (Å²) in [5.74, 6) is 0. The Hall–Kier alpha value is -3.32. The predicted molar refractivity (Wildman–Crippen MR) is 120 cm³/mol. The summed E-state index contributed by atoms with van der Waals surface area (Å²) in [6.45, 7) is 0. The van der Waals surface area contributed by atoms with Gasteiger partial charge in [0.15, 0.2) is 0 Å². The van der Waals surface area contributed by atoms with Crippen LogP contribution in [-0.2, 0) is 19.3 Å². The van der Waals surface area contributed by atoms with E-state index < -0.39 is 0 Å². The van der Waals surface area contributed by atoms with Crippen LogP contribution in [0.2, 0.25) is 0 Å². The molecule has 4 aromatic rings. The Kier molecular flexibility index (Phi) is 2.90. The molecule has 0 bridgehead atoms. The summed E-state index contributed by atoms with van der Waals surface area (Å²) in [5, 5.41) is 0. The predicted octanol–water partition coefficient (Wildman–Crippen LogP) is 6.50. The van der Waals surface area contributed by atoms with Crippen molar-refractivity contribution in [2.24, 2.45) is 0 Å². The monoisotopic (exact) mass is 371 g/mol. The van der Waals surface area contributed by atoms with Gasteiger partial charge in [0, 0.05) is 31.3 Å². The zero-order chi connectivity index (χ0) is 19.1. The van der Waals surface area contributed by atoms with E-state index in [1.807, 2.05) is 0 Å². The lowest BCUT2D eigenvalue weighted by atomic mass is 9.89. The van der Waals surface area contributed by atoms with E-state index in [2.05, 4.69) is 84.7 Å². The van der Waals surface area contributed by atoms with E-state index in [1.165, 1.54) is 67.0 Å². The molecule has 0 aromatic heterocycles. The molecular formula is C28H21N. The molecule has 0 radical (unpaired) electrons. The number of fused-ring (bicyclic) bond motifs is 9. The van der Waals surface area contributed by atoms with Crippen LogP contribution in [0.4, 0.5) is 11.4 Å². The van der Waals surface area contributed by atoms with Gasteiger partial charge in [0.2, 0.25) is 0 Å². The standard InChI is InChI=1S/C28H21N/c1-29-27-16-25-20(12-17-6-2-5-9-23(17)25)14-21(27)13-19-10-11-24-22-8-4-3-7-18(22)15-26(24)28(19)29/h2-11,14,16H,12-13,15H2,1H3. The molecule has 0 unspecified atom stereocenters. The Morgan fingerprint density at radius 2 is 1.24 bits per heavy atom. The van der Waals surface area contributed by atoms with Gasteiger partial charge in [0.1, 0.15) is 0 Å². The minimum atomic E-state index is 1.03. The van der Waals surface area contributed by atoms with Crippen molar-refractivity contribution in [1.82, 2.24) is 0 Å². The van der Waals surface area contributed by atoms with Crippen LogP contribution >= 0.6 is 0 Å². The van der Waals surface area contributed by atoms with E-state index in [-0.39, 0.29) is 0 Å². The second-order valence-corrected chi connectivity index (χ2v) is 8.64. The highest BCUT2D eigenvalue weighted by molar-refractivity contribution is 5.90. The summed E-state index contributed by atoms with van der Waals surface area (Å²) in [6, 6.07) is 27.4. The number of hydrogen-bond acceptors (Lipinski definition) is 1. The fourth-order valence-corrected chi connectivity index (χ4v) is 5.81. The third-order valence-electron chi connectivity index (χ3n) is 7.11. The molecule has 1 nitrogen and oxygen atoms in total. The van der Waals surface area contributed by atoms with E-state index in [4.69, 9.17) is 0 Å². The molecule has 0 atom stereocenters. The first-order valence-electron chi connectivity index (χ1n) is 10.5. The fourth-order valence-electron chi connectivity index (χ4n) is 5.81. The average Bonchev–Trinajstić information content (AvgIpc) is 3.30. The van der Waals surface area contributed by atoms with Gasteiger partial charge in [-0.05, 0) is 68.1 Å². The van der Waals surface area contributed by atoms with E-state index in [0.717, 1.165) is 19.3 Å².